The standard InChI is InChI=1S/C8H9ClN2O2/c1-13-8(12)6(10)5-3-2-4-11-7(5)9/h2-4,6H,10H2,1H3. The molecular weight excluding hydrogens is 192 g/mol. The highest BCUT2D eigenvalue weighted by atomic mass is 35.5. The highest BCUT2D eigenvalue weighted by Gasteiger charge is 2.18. The molecule has 0 bridgehead atoms. The Morgan fingerprint density at radius 2 is 2.46 bits per heavy atom. The van der Waals surface area contributed by atoms with E-state index >= 15 is 0 Å². The maximum atomic E-state index is 11.0. The summed E-state index contributed by atoms with van der Waals surface area (Å²) < 4.78 is 4.47. The molecule has 70 valence electrons. The average molecular weight is 201 g/mol. The largest absolute Gasteiger partial charge is 0.468 e. The van der Waals surface area contributed by atoms with Gasteiger partial charge in [0.05, 0.1) is 7.11 Å². The second kappa shape index (κ2) is 4.20. The summed E-state index contributed by atoms with van der Waals surface area (Å²) in [6.07, 6.45) is 1.52. The number of methoxy groups -OCH3 is 1. The van der Waals surface area contributed by atoms with Gasteiger partial charge in [-0.15, -0.1) is 0 Å². The molecule has 1 unspecified atom stereocenters. The summed E-state index contributed by atoms with van der Waals surface area (Å²) in [7, 11) is 1.27. The number of pyridine rings is 1. The number of carbonyl (C=O) groups excluding carboxylic acids is 1. The van der Waals surface area contributed by atoms with Gasteiger partial charge in [-0.2, -0.15) is 0 Å². The van der Waals surface area contributed by atoms with E-state index in [4.69, 9.17) is 17.3 Å². The minimum atomic E-state index is -0.869. The summed E-state index contributed by atoms with van der Waals surface area (Å²) in [5.41, 5.74) is 6.02. The van der Waals surface area contributed by atoms with Crippen LogP contribution in [-0.4, -0.2) is 18.1 Å². The first kappa shape index (κ1) is 9.95. The van der Waals surface area contributed by atoms with Gasteiger partial charge in [-0.3, -0.25) is 4.79 Å². The lowest BCUT2D eigenvalue weighted by molar-refractivity contribution is -0.142. The zero-order valence-electron chi connectivity index (χ0n) is 7.03. The smallest absolute Gasteiger partial charge is 0.327 e. The van der Waals surface area contributed by atoms with E-state index in [-0.39, 0.29) is 5.15 Å². The van der Waals surface area contributed by atoms with Gasteiger partial charge >= 0.3 is 5.97 Å². The second-order valence-electron chi connectivity index (χ2n) is 2.38. The van der Waals surface area contributed by atoms with Crippen LogP contribution in [0.4, 0.5) is 0 Å². The molecule has 1 heterocycles. The van der Waals surface area contributed by atoms with E-state index < -0.39 is 12.0 Å². The van der Waals surface area contributed by atoms with E-state index in [0.29, 0.717) is 5.56 Å². The normalized spacial score (nSPS) is 12.2. The monoisotopic (exact) mass is 200 g/mol. The van der Waals surface area contributed by atoms with Crippen molar-refractivity contribution in [3.63, 3.8) is 0 Å². The topological polar surface area (TPSA) is 65.2 Å². The number of halogens is 1. The van der Waals surface area contributed by atoms with E-state index in [2.05, 4.69) is 9.72 Å². The Morgan fingerprint density at radius 3 is 3.00 bits per heavy atom. The van der Waals surface area contributed by atoms with Gasteiger partial charge in [-0.05, 0) is 6.07 Å². The number of aromatic nitrogens is 1. The van der Waals surface area contributed by atoms with Crippen molar-refractivity contribution in [1.82, 2.24) is 4.98 Å². The van der Waals surface area contributed by atoms with E-state index in [1.165, 1.54) is 13.3 Å². The van der Waals surface area contributed by atoms with Gasteiger partial charge in [-0.25, -0.2) is 4.98 Å². The molecule has 0 saturated carbocycles. The predicted molar refractivity (Wildman–Crippen MR) is 48.2 cm³/mol. The minimum absolute atomic E-state index is 0.223. The van der Waals surface area contributed by atoms with E-state index in [1.807, 2.05) is 0 Å². The highest BCUT2D eigenvalue weighted by Crippen LogP contribution is 2.18. The molecule has 0 aliphatic rings. The molecule has 13 heavy (non-hydrogen) atoms. The van der Waals surface area contributed by atoms with Gasteiger partial charge in [-0.1, -0.05) is 17.7 Å². The van der Waals surface area contributed by atoms with Crippen LogP contribution in [0.1, 0.15) is 11.6 Å². The number of hydrogen-bond donors (Lipinski definition) is 1. The first-order valence-corrected chi connectivity index (χ1v) is 3.98. The molecule has 2 N–H and O–H groups in total. The van der Waals surface area contributed by atoms with Crippen molar-refractivity contribution >= 4 is 17.6 Å². The van der Waals surface area contributed by atoms with Crippen molar-refractivity contribution in [3.8, 4) is 0 Å². The molecule has 0 saturated heterocycles. The fourth-order valence-corrected chi connectivity index (χ4v) is 1.12. The summed E-state index contributed by atoms with van der Waals surface area (Å²) in [6.45, 7) is 0. The third-order valence-corrected chi connectivity index (χ3v) is 1.89. The fourth-order valence-electron chi connectivity index (χ4n) is 0.884. The summed E-state index contributed by atoms with van der Waals surface area (Å²) in [5.74, 6) is -0.532. The van der Waals surface area contributed by atoms with Gasteiger partial charge in [0.2, 0.25) is 0 Å². The minimum Gasteiger partial charge on any atom is -0.468 e. The molecule has 4 nitrogen and oxygen atoms in total. The summed E-state index contributed by atoms with van der Waals surface area (Å²) in [4.78, 5) is 14.8. The number of nitrogens with zero attached hydrogens (tertiary/aromatic N) is 1. The van der Waals surface area contributed by atoms with Crippen LogP contribution in [0.5, 0.6) is 0 Å². The molecule has 0 fully saturated rings. The molecule has 0 spiro atoms. The van der Waals surface area contributed by atoms with Crippen molar-refractivity contribution in [3.05, 3.63) is 29.0 Å². The number of carbonyl (C=O) groups is 1. The third-order valence-electron chi connectivity index (χ3n) is 1.58. The van der Waals surface area contributed by atoms with Crippen LogP contribution in [0.2, 0.25) is 5.15 Å². The first-order valence-electron chi connectivity index (χ1n) is 3.60. The number of nitrogens with two attached hydrogens (primary N) is 1. The van der Waals surface area contributed by atoms with Gasteiger partial charge in [0.1, 0.15) is 11.2 Å². The summed E-state index contributed by atoms with van der Waals surface area (Å²) >= 11 is 5.72. The number of rotatable bonds is 2. The highest BCUT2D eigenvalue weighted by molar-refractivity contribution is 6.30. The molecule has 0 aliphatic carbocycles. The Labute approximate surface area is 80.7 Å². The SMILES string of the molecule is COC(=O)C(N)c1cccnc1Cl. The van der Waals surface area contributed by atoms with Crippen LogP contribution in [0.25, 0.3) is 0 Å². The van der Waals surface area contributed by atoms with Crippen LogP contribution in [0.15, 0.2) is 18.3 Å². The van der Waals surface area contributed by atoms with E-state index in [9.17, 15) is 4.79 Å². The molecule has 1 atom stereocenters. The molecule has 5 heteroatoms. The lowest BCUT2D eigenvalue weighted by Crippen LogP contribution is -2.23. The van der Waals surface area contributed by atoms with Crippen molar-refractivity contribution in [1.29, 1.82) is 0 Å². The Bertz CT molecular complexity index is 317. The number of hydrogen-bond acceptors (Lipinski definition) is 4. The third kappa shape index (κ3) is 2.17. The van der Waals surface area contributed by atoms with Gasteiger partial charge in [0.25, 0.3) is 0 Å². The molecule has 1 aromatic rings. The van der Waals surface area contributed by atoms with E-state index in [0.717, 1.165) is 0 Å². The lowest BCUT2D eigenvalue weighted by atomic mass is 10.1. The van der Waals surface area contributed by atoms with Crippen molar-refractivity contribution in [2.75, 3.05) is 7.11 Å². The van der Waals surface area contributed by atoms with Crippen LogP contribution in [-0.2, 0) is 9.53 Å². The maximum Gasteiger partial charge on any atom is 0.327 e. The number of esters is 1. The molecule has 0 aromatic carbocycles. The molecule has 0 radical (unpaired) electrons. The zero-order chi connectivity index (χ0) is 9.84. The average Bonchev–Trinajstić information content (AvgIpc) is 2.16. The molecule has 0 amide bonds. The first-order chi connectivity index (χ1) is 6.16. The maximum absolute atomic E-state index is 11.0. The second-order valence-corrected chi connectivity index (χ2v) is 2.74. The van der Waals surface area contributed by atoms with Crippen molar-refractivity contribution in [2.24, 2.45) is 5.73 Å². The quantitative estimate of drug-likeness (QED) is 0.569. The summed E-state index contributed by atoms with van der Waals surface area (Å²) in [5, 5.41) is 0.223. The Kier molecular flexibility index (Phi) is 3.22. The van der Waals surface area contributed by atoms with Crippen molar-refractivity contribution < 1.29 is 9.53 Å². The predicted octanol–water partition coefficient (Wildman–Crippen LogP) is 0.908. The molecular formula is C8H9ClN2O2. The summed E-state index contributed by atoms with van der Waals surface area (Å²) in [6, 6.07) is 2.42. The van der Waals surface area contributed by atoms with Crippen LogP contribution < -0.4 is 5.73 Å². The fraction of sp³-hybridized carbons (Fsp3) is 0.250. The van der Waals surface area contributed by atoms with Gasteiger partial charge in [0, 0.05) is 11.8 Å². The van der Waals surface area contributed by atoms with Crippen LogP contribution in [0, 0.1) is 0 Å². The molecule has 1 rings (SSSR count). The molecule has 1 aromatic heterocycles. The van der Waals surface area contributed by atoms with Gasteiger partial charge < -0.3 is 10.5 Å². The number of ether oxygens (including phenoxy) is 1. The zero-order valence-corrected chi connectivity index (χ0v) is 7.78. The van der Waals surface area contributed by atoms with Crippen molar-refractivity contribution in [2.45, 2.75) is 6.04 Å². The Balaban J connectivity index is 2.95. The van der Waals surface area contributed by atoms with Crippen LogP contribution >= 0.6 is 11.6 Å². The van der Waals surface area contributed by atoms with Crippen LogP contribution in [0.3, 0.4) is 0 Å². The van der Waals surface area contributed by atoms with E-state index in [1.54, 1.807) is 12.1 Å². The Morgan fingerprint density at radius 1 is 1.77 bits per heavy atom. The molecule has 0 aliphatic heterocycles. The lowest BCUT2D eigenvalue weighted by Gasteiger charge is -2.09. The Hall–Kier alpha value is -1.13. The van der Waals surface area contributed by atoms with Gasteiger partial charge in [0.15, 0.2) is 0 Å².